The topological polar surface area (TPSA) is 46.0 Å². The van der Waals surface area contributed by atoms with E-state index in [4.69, 9.17) is 4.74 Å². The molecule has 1 fully saturated rings. The number of nitrogens with one attached hydrogen (secondary N) is 2. The van der Waals surface area contributed by atoms with Gasteiger partial charge in [0.05, 0.1) is 39.0 Å². The van der Waals surface area contributed by atoms with Gasteiger partial charge in [-0.3, -0.25) is 4.79 Å². The van der Waals surface area contributed by atoms with E-state index in [2.05, 4.69) is 16.3 Å². The van der Waals surface area contributed by atoms with Crippen LogP contribution < -0.4 is 19.9 Å². The summed E-state index contributed by atoms with van der Waals surface area (Å²) in [4.78, 5) is 15.8. The molecular weight excluding hydrogens is 389 g/mol. The number of halogens is 1. The van der Waals surface area contributed by atoms with E-state index in [0.717, 1.165) is 43.4 Å². The Labute approximate surface area is 176 Å². The van der Waals surface area contributed by atoms with Gasteiger partial charge in [-0.1, -0.05) is 30.3 Å². The van der Waals surface area contributed by atoms with Gasteiger partial charge in [-0.2, -0.15) is 11.8 Å². The molecule has 2 N–H and O–H groups in total. The monoisotopic (exact) mass is 418 g/mol. The summed E-state index contributed by atoms with van der Waals surface area (Å²) in [6, 6.07) is 14.9. The molecule has 5 nitrogen and oxygen atoms in total. The van der Waals surface area contributed by atoms with Crippen molar-refractivity contribution in [2.75, 3.05) is 57.0 Å². The molecule has 7 heteroatoms. The van der Waals surface area contributed by atoms with E-state index >= 15 is 0 Å². The summed E-state index contributed by atoms with van der Waals surface area (Å²) < 4.78 is 19.0. The lowest BCUT2D eigenvalue weighted by Crippen LogP contribution is -3.16. The van der Waals surface area contributed by atoms with Crippen molar-refractivity contribution >= 4 is 23.4 Å². The first kappa shape index (κ1) is 21.5. The van der Waals surface area contributed by atoms with Crippen molar-refractivity contribution in [2.45, 2.75) is 5.75 Å². The molecule has 0 aliphatic carbocycles. The maximum Gasteiger partial charge on any atom is 0.275 e. The first-order chi connectivity index (χ1) is 14.2. The van der Waals surface area contributed by atoms with Gasteiger partial charge in [-0.25, -0.2) is 4.39 Å². The van der Waals surface area contributed by atoms with Crippen LogP contribution in [-0.4, -0.2) is 58.0 Å². The lowest BCUT2D eigenvalue weighted by molar-refractivity contribution is -0.892. The lowest BCUT2D eigenvalue weighted by atomic mass is 10.2. The van der Waals surface area contributed by atoms with Gasteiger partial charge in [0.15, 0.2) is 6.54 Å². The molecule has 0 bridgehead atoms. The number of anilines is 1. The number of rotatable bonds is 9. The van der Waals surface area contributed by atoms with Crippen molar-refractivity contribution in [2.24, 2.45) is 0 Å². The second-order valence-electron chi connectivity index (χ2n) is 7.08. The SMILES string of the molecule is COc1ccccc1N1CC[NH+](CC(=O)NCCSCc2ccccc2F)CC1. The van der Waals surface area contributed by atoms with Crippen molar-refractivity contribution in [3.05, 3.63) is 59.9 Å². The van der Waals surface area contributed by atoms with E-state index in [1.807, 2.05) is 24.3 Å². The molecule has 1 amide bonds. The molecular formula is C22H29FN3O2S+. The van der Waals surface area contributed by atoms with Crippen LogP contribution in [0.4, 0.5) is 10.1 Å². The highest BCUT2D eigenvalue weighted by Crippen LogP contribution is 2.27. The molecule has 2 aromatic rings. The van der Waals surface area contributed by atoms with Crippen LogP contribution in [0, 0.1) is 5.82 Å². The molecule has 0 saturated carbocycles. The number of hydrogen-bond donors (Lipinski definition) is 2. The van der Waals surface area contributed by atoms with Crippen LogP contribution in [0.2, 0.25) is 0 Å². The summed E-state index contributed by atoms with van der Waals surface area (Å²) in [5.41, 5.74) is 1.83. The largest absolute Gasteiger partial charge is 0.495 e. The van der Waals surface area contributed by atoms with E-state index in [9.17, 15) is 9.18 Å². The summed E-state index contributed by atoms with van der Waals surface area (Å²) in [6.07, 6.45) is 0. The zero-order valence-electron chi connectivity index (χ0n) is 16.8. The third-order valence-corrected chi connectivity index (χ3v) is 6.10. The summed E-state index contributed by atoms with van der Waals surface area (Å²) in [6.45, 7) is 4.76. The minimum Gasteiger partial charge on any atom is -0.495 e. The number of thioether (sulfide) groups is 1. The number of hydrogen-bond acceptors (Lipinski definition) is 4. The van der Waals surface area contributed by atoms with Gasteiger partial charge in [0.1, 0.15) is 11.6 Å². The maximum absolute atomic E-state index is 13.6. The number of carbonyl (C=O) groups excluding carboxylic acids is 1. The Hall–Kier alpha value is -2.25. The highest BCUT2D eigenvalue weighted by Gasteiger charge is 2.23. The molecule has 0 aromatic heterocycles. The fourth-order valence-corrected chi connectivity index (χ4v) is 4.33. The number of benzene rings is 2. The molecule has 3 rings (SSSR count). The van der Waals surface area contributed by atoms with Crippen LogP contribution in [0.25, 0.3) is 0 Å². The molecule has 2 aromatic carbocycles. The molecule has 1 aliphatic rings. The number of para-hydroxylation sites is 2. The van der Waals surface area contributed by atoms with Crippen LogP contribution in [0.15, 0.2) is 48.5 Å². The number of piperazine rings is 1. The molecule has 0 radical (unpaired) electrons. The Balaban J connectivity index is 1.32. The summed E-state index contributed by atoms with van der Waals surface area (Å²) in [7, 11) is 1.69. The van der Waals surface area contributed by atoms with Gasteiger partial charge in [-0.05, 0) is 23.8 Å². The molecule has 1 aliphatic heterocycles. The Bertz CT molecular complexity index is 797. The Morgan fingerprint density at radius 2 is 1.90 bits per heavy atom. The summed E-state index contributed by atoms with van der Waals surface area (Å²) in [5, 5.41) is 2.98. The van der Waals surface area contributed by atoms with Crippen LogP contribution >= 0.6 is 11.8 Å². The van der Waals surface area contributed by atoms with E-state index in [-0.39, 0.29) is 11.7 Å². The molecule has 29 heavy (non-hydrogen) atoms. The zero-order chi connectivity index (χ0) is 20.5. The smallest absolute Gasteiger partial charge is 0.275 e. The van der Waals surface area contributed by atoms with Crippen molar-refractivity contribution in [3.63, 3.8) is 0 Å². The predicted molar refractivity (Wildman–Crippen MR) is 116 cm³/mol. The average molecular weight is 419 g/mol. The Morgan fingerprint density at radius 3 is 2.66 bits per heavy atom. The number of quaternary nitrogens is 1. The van der Waals surface area contributed by atoms with Crippen molar-refractivity contribution < 1.29 is 18.8 Å². The van der Waals surface area contributed by atoms with E-state index < -0.39 is 0 Å². The number of methoxy groups -OCH3 is 1. The van der Waals surface area contributed by atoms with Gasteiger partial charge >= 0.3 is 0 Å². The van der Waals surface area contributed by atoms with Gasteiger partial charge in [0.2, 0.25) is 0 Å². The standard InChI is InChI=1S/C22H28FN3O2S/c1-28-21-9-5-4-8-20(21)26-13-11-25(12-14-26)16-22(27)24-10-15-29-17-18-6-2-3-7-19(18)23/h2-9H,10-17H2,1H3,(H,24,27)/p+1. The fraction of sp³-hybridized carbons (Fsp3) is 0.409. The predicted octanol–water partition coefficient (Wildman–Crippen LogP) is 1.59. The number of amides is 1. The summed E-state index contributed by atoms with van der Waals surface area (Å²) >= 11 is 1.63. The molecule has 0 spiro atoms. The summed E-state index contributed by atoms with van der Waals surface area (Å²) in [5.74, 6) is 2.20. The average Bonchev–Trinajstić information content (AvgIpc) is 2.75. The molecule has 0 atom stereocenters. The third-order valence-electron chi connectivity index (χ3n) is 5.09. The van der Waals surface area contributed by atoms with E-state index in [1.54, 1.807) is 31.0 Å². The number of nitrogens with zero attached hydrogens (tertiary/aromatic N) is 1. The minimum atomic E-state index is -0.167. The zero-order valence-corrected chi connectivity index (χ0v) is 17.6. The van der Waals surface area contributed by atoms with Gasteiger partial charge in [0, 0.05) is 18.1 Å². The van der Waals surface area contributed by atoms with Crippen molar-refractivity contribution in [1.29, 1.82) is 0 Å². The fourth-order valence-electron chi connectivity index (χ4n) is 3.48. The highest BCUT2D eigenvalue weighted by atomic mass is 32.2. The first-order valence-corrected chi connectivity index (χ1v) is 11.1. The third kappa shape index (κ3) is 6.37. The van der Waals surface area contributed by atoms with Gasteiger partial charge in [-0.15, -0.1) is 0 Å². The lowest BCUT2D eigenvalue weighted by Gasteiger charge is -2.34. The second-order valence-corrected chi connectivity index (χ2v) is 8.18. The Kier molecular flexibility index (Phi) is 8.19. The molecule has 156 valence electrons. The van der Waals surface area contributed by atoms with Crippen LogP contribution in [0.1, 0.15) is 5.56 Å². The quantitative estimate of drug-likeness (QED) is 0.607. The molecule has 0 unspecified atom stereocenters. The van der Waals surface area contributed by atoms with E-state index in [1.165, 1.54) is 11.0 Å². The van der Waals surface area contributed by atoms with Gasteiger partial charge in [0.25, 0.3) is 5.91 Å². The van der Waals surface area contributed by atoms with Crippen molar-refractivity contribution in [3.8, 4) is 5.75 Å². The molecule has 1 saturated heterocycles. The van der Waals surface area contributed by atoms with E-state index in [0.29, 0.717) is 24.4 Å². The van der Waals surface area contributed by atoms with Crippen LogP contribution in [0.5, 0.6) is 5.75 Å². The minimum absolute atomic E-state index is 0.0808. The van der Waals surface area contributed by atoms with Gasteiger partial charge < -0.3 is 19.9 Å². The van der Waals surface area contributed by atoms with Crippen molar-refractivity contribution in [1.82, 2.24) is 5.32 Å². The second kappa shape index (κ2) is 11.1. The highest BCUT2D eigenvalue weighted by molar-refractivity contribution is 7.98. The number of ether oxygens (including phenoxy) is 1. The van der Waals surface area contributed by atoms with Crippen LogP contribution in [0.3, 0.4) is 0 Å². The molecule has 1 heterocycles. The maximum atomic E-state index is 13.6. The normalized spacial score (nSPS) is 14.6. The number of carbonyl (C=O) groups is 1. The Morgan fingerprint density at radius 1 is 1.17 bits per heavy atom. The van der Waals surface area contributed by atoms with Crippen LogP contribution in [-0.2, 0) is 10.5 Å². The first-order valence-electron chi connectivity index (χ1n) is 9.96.